The number of phenols is 1. The van der Waals surface area contributed by atoms with Crippen molar-refractivity contribution < 1.29 is 14.6 Å². The molecule has 1 saturated heterocycles. The first-order chi connectivity index (χ1) is 11.5. The van der Waals surface area contributed by atoms with Gasteiger partial charge in [0, 0.05) is 12.0 Å². The largest absolute Gasteiger partial charge is 0.508 e. The molecule has 0 aliphatic carbocycles. The number of aromatic hydroxyl groups is 1. The molecule has 5 N–H and O–H groups in total. The van der Waals surface area contributed by atoms with Gasteiger partial charge in [0.1, 0.15) is 27.9 Å². The number of nitriles is 1. The van der Waals surface area contributed by atoms with E-state index in [1.165, 1.54) is 12.1 Å². The van der Waals surface area contributed by atoms with E-state index in [4.69, 9.17) is 16.2 Å². The third-order valence-corrected chi connectivity index (χ3v) is 4.85. The van der Waals surface area contributed by atoms with Gasteiger partial charge in [0.2, 0.25) is 0 Å². The smallest absolute Gasteiger partial charge is 0.319 e. The Hall–Kier alpha value is -2.92. The van der Waals surface area contributed by atoms with Crippen LogP contribution in [0.25, 0.3) is 11.1 Å². The van der Waals surface area contributed by atoms with Crippen LogP contribution < -0.4 is 11.5 Å². The van der Waals surface area contributed by atoms with Crippen molar-refractivity contribution in [3.05, 3.63) is 29.8 Å². The van der Waals surface area contributed by atoms with Crippen molar-refractivity contribution in [1.82, 2.24) is 4.98 Å². The zero-order valence-corrected chi connectivity index (χ0v) is 13.3. The fourth-order valence-electron chi connectivity index (χ4n) is 2.46. The predicted molar refractivity (Wildman–Crippen MR) is 90.1 cm³/mol. The lowest BCUT2D eigenvalue weighted by Gasteiger charge is -2.15. The summed E-state index contributed by atoms with van der Waals surface area (Å²) in [5.41, 5.74) is 13.2. The van der Waals surface area contributed by atoms with Crippen LogP contribution in [-0.2, 0) is 9.53 Å². The van der Waals surface area contributed by atoms with Crippen LogP contribution in [0.15, 0.2) is 29.3 Å². The number of phenolic OH excluding ortho intramolecular Hbond substituents is 1. The number of esters is 1. The van der Waals surface area contributed by atoms with E-state index in [9.17, 15) is 15.2 Å². The van der Waals surface area contributed by atoms with E-state index in [2.05, 4.69) is 11.1 Å². The summed E-state index contributed by atoms with van der Waals surface area (Å²) < 4.78 is 4.94. The lowest BCUT2D eigenvalue weighted by molar-refractivity contribution is -0.137. The third-order valence-electron chi connectivity index (χ3n) is 3.62. The van der Waals surface area contributed by atoms with Gasteiger partial charge in [-0.25, -0.2) is 4.98 Å². The average molecular weight is 342 g/mol. The number of carbonyl (C=O) groups is 1. The summed E-state index contributed by atoms with van der Waals surface area (Å²) in [4.78, 5) is 15.9. The number of nitrogens with two attached hydrogens (primary N) is 2. The topological polar surface area (TPSA) is 135 Å². The molecule has 1 aromatic carbocycles. The van der Waals surface area contributed by atoms with Crippen molar-refractivity contribution in [2.24, 2.45) is 0 Å². The van der Waals surface area contributed by atoms with Crippen molar-refractivity contribution in [3.8, 4) is 22.9 Å². The monoisotopic (exact) mass is 342 g/mol. The van der Waals surface area contributed by atoms with Gasteiger partial charge in [0.05, 0.1) is 17.9 Å². The minimum absolute atomic E-state index is 0.0414. The summed E-state index contributed by atoms with van der Waals surface area (Å²) in [5.74, 6) is -0.221. The predicted octanol–water partition coefficient (Wildman–Crippen LogP) is 1.90. The van der Waals surface area contributed by atoms with Crippen LogP contribution in [0, 0.1) is 11.3 Å². The van der Waals surface area contributed by atoms with Crippen LogP contribution in [0.3, 0.4) is 0 Å². The minimum Gasteiger partial charge on any atom is -0.508 e. The van der Waals surface area contributed by atoms with Crippen LogP contribution in [0.5, 0.6) is 5.75 Å². The number of anilines is 2. The van der Waals surface area contributed by atoms with Crippen molar-refractivity contribution >= 4 is 29.2 Å². The summed E-state index contributed by atoms with van der Waals surface area (Å²) in [7, 11) is 0. The summed E-state index contributed by atoms with van der Waals surface area (Å²) in [5, 5.41) is 19.2. The summed E-state index contributed by atoms with van der Waals surface area (Å²) in [6, 6.07) is 8.45. The van der Waals surface area contributed by atoms with E-state index >= 15 is 0 Å². The highest BCUT2D eigenvalue weighted by atomic mass is 32.2. The van der Waals surface area contributed by atoms with Gasteiger partial charge >= 0.3 is 5.97 Å². The number of rotatable bonds is 3. The van der Waals surface area contributed by atoms with Gasteiger partial charge in [0.15, 0.2) is 0 Å². The number of hydrogen-bond acceptors (Lipinski definition) is 8. The molecule has 7 nitrogen and oxygen atoms in total. The number of benzene rings is 1. The molecular weight excluding hydrogens is 328 g/mol. The molecule has 122 valence electrons. The zero-order valence-electron chi connectivity index (χ0n) is 12.5. The molecule has 0 radical (unpaired) electrons. The van der Waals surface area contributed by atoms with E-state index in [0.29, 0.717) is 29.2 Å². The Morgan fingerprint density at radius 3 is 2.83 bits per heavy atom. The van der Waals surface area contributed by atoms with Gasteiger partial charge < -0.3 is 21.3 Å². The number of aromatic nitrogens is 1. The second-order valence-electron chi connectivity index (χ2n) is 5.19. The lowest BCUT2D eigenvalue weighted by Crippen LogP contribution is -2.12. The number of nitrogens with zero attached hydrogens (tertiary/aromatic N) is 2. The molecule has 0 saturated carbocycles. The van der Waals surface area contributed by atoms with Crippen molar-refractivity contribution in [2.75, 3.05) is 18.1 Å². The maximum atomic E-state index is 11.7. The molecule has 0 amide bonds. The number of thioether (sulfide) groups is 1. The number of ether oxygens (including phenoxy) is 1. The van der Waals surface area contributed by atoms with Crippen LogP contribution in [0.4, 0.5) is 11.5 Å². The van der Waals surface area contributed by atoms with Gasteiger partial charge in [-0.05, 0) is 17.7 Å². The molecule has 3 rings (SSSR count). The molecule has 1 aliphatic heterocycles. The van der Waals surface area contributed by atoms with Crippen LogP contribution in [-0.4, -0.2) is 27.9 Å². The van der Waals surface area contributed by atoms with Gasteiger partial charge in [-0.3, -0.25) is 4.79 Å². The SMILES string of the molecule is N#Cc1c(SC2CCOC2=O)nc(N)c(N)c1-c1cccc(O)c1. The summed E-state index contributed by atoms with van der Waals surface area (Å²) >= 11 is 1.14. The van der Waals surface area contributed by atoms with Gasteiger partial charge in [0.25, 0.3) is 0 Å². The third kappa shape index (κ3) is 2.81. The fraction of sp³-hybridized carbons (Fsp3) is 0.188. The molecule has 8 heteroatoms. The first kappa shape index (κ1) is 16.0. The summed E-state index contributed by atoms with van der Waals surface area (Å²) in [6.07, 6.45) is 0.543. The second-order valence-corrected chi connectivity index (χ2v) is 6.38. The molecule has 1 fully saturated rings. The molecule has 2 heterocycles. The highest BCUT2D eigenvalue weighted by Gasteiger charge is 2.30. The van der Waals surface area contributed by atoms with Crippen LogP contribution in [0.2, 0.25) is 0 Å². The molecule has 2 aromatic rings. The number of cyclic esters (lactones) is 1. The van der Waals surface area contributed by atoms with E-state index in [1.807, 2.05) is 0 Å². The Bertz CT molecular complexity index is 863. The van der Waals surface area contributed by atoms with Crippen molar-refractivity contribution in [2.45, 2.75) is 16.7 Å². The number of pyridine rings is 1. The molecule has 1 atom stereocenters. The highest BCUT2D eigenvalue weighted by Crippen LogP contribution is 2.40. The zero-order chi connectivity index (χ0) is 17.3. The van der Waals surface area contributed by atoms with Crippen LogP contribution >= 0.6 is 11.8 Å². The molecule has 24 heavy (non-hydrogen) atoms. The maximum absolute atomic E-state index is 11.7. The molecule has 1 aliphatic rings. The standard InChI is InChI=1S/C16H14N4O3S/c17-7-10-12(8-2-1-3-9(21)6-8)13(18)14(19)20-15(10)24-11-4-5-23-16(11)22/h1-3,6,11,21H,4-5,18H2,(H2,19,20). The second kappa shape index (κ2) is 6.29. The first-order valence-electron chi connectivity index (χ1n) is 7.13. The Morgan fingerprint density at radius 1 is 1.42 bits per heavy atom. The number of nitrogen functional groups attached to an aromatic ring is 2. The number of carbonyl (C=O) groups excluding carboxylic acids is 1. The van der Waals surface area contributed by atoms with Gasteiger partial charge in [-0.2, -0.15) is 5.26 Å². The quantitative estimate of drug-likeness (QED) is 0.720. The molecule has 1 unspecified atom stereocenters. The minimum atomic E-state index is -0.426. The number of hydrogen-bond donors (Lipinski definition) is 3. The van der Waals surface area contributed by atoms with Crippen molar-refractivity contribution in [3.63, 3.8) is 0 Å². The summed E-state index contributed by atoms with van der Waals surface area (Å²) in [6.45, 7) is 0.349. The fourth-order valence-corrected chi connectivity index (χ4v) is 3.53. The maximum Gasteiger partial charge on any atom is 0.319 e. The molecule has 0 bridgehead atoms. The van der Waals surface area contributed by atoms with E-state index in [0.717, 1.165) is 11.8 Å². The van der Waals surface area contributed by atoms with Gasteiger partial charge in [-0.15, -0.1) is 0 Å². The van der Waals surface area contributed by atoms with E-state index < -0.39 is 5.25 Å². The normalized spacial score (nSPS) is 16.6. The highest BCUT2D eigenvalue weighted by molar-refractivity contribution is 8.00. The van der Waals surface area contributed by atoms with E-state index in [-0.39, 0.29) is 28.8 Å². The first-order valence-corrected chi connectivity index (χ1v) is 8.01. The van der Waals surface area contributed by atoms with E-state index in [1.54, 1.807) is 12.1 Å². The van der Waals surface area contributed by atoms with Crippen molar-refractivity contribution in [1.29, 1.82) is 5.26 Å². The Morgan fingerprint density at radius 2 is 2.21 bits per heavy atom. The molecule has 1 aromatic heterocycles. The lowest BCUT2D eigenvalue weighted by atomic mass is 10.00. The Labute approximate surface area is 142 Å². The Kier molecular flexibility index (Phi) is 4.18. The molecule has 0 spiro atoms. The van der Waals surface area contributed by atoms with Crippen LogP contribution in [0.1, 0.15) is 12.0 Å². The molecular formula is C16H14N4O3S. The Balaban J connectivity index is 2.14. The average Bonchev–Trinajstić information content (AvgIpc) is 2.95. The van der Waals surface area contributed by atoms with Gasteiger partial charge in [-0.1, -0.05) is 23.9 Å².